The lowest BCUT2D eigenvalue weighted by Gasteiger charge is -2.27. The van der Waals surface area contributed by atoms with Gasteiger partial charge >= 0.3 is 0 Å². The van der Waals surface area contributed by atoms with Gasteiger partial charge in [0.05, 0.1) is 7.11 Å². The number of rotatable bonds is 3. The Bertz CT molecular complexity index is 687. The molecule has 0 saturated carbocycles. The smallest absolute Gasteiger partial charge is 0.231 e. The molecule has 0 radical (unpaired) electrons. The van der Waals surface area contributed by atoms with E-state index in [4.69, 9.17) is 14.2 Å². The number of methoxy groups -OCH3 is 1. The Morgan fingerprint density at radius 1 is 1.13 bits per heavy atom. The minimum absolute atomic E-state index is 0. The van der Waals surface area contributed by atoms with Crippen LogP contribution < -0.4 is 19.5 Å². The summed E-state index contributed by atoms with van der Waals surface area (Å²) in [7, 11) is 1.69. The Labute approximate surface area is 142 Å². The average Bonchev–Trinajstić information content (AvgIpc) is 3.01. The van der Waals surface area contributed by atoms with Crippen LogP contribution in [0.15, 0.2) is 36.4 Å². The number of fused-ring (bicyclic) bond motifs is 2. The van der Waals surface area contributed by atoms with Gasteiger partial charge in [-0.2, -0.15) is 0 Å². The molecule has 0 bridgehead atoms. The van der Waals surface area contributed by atoms with E-state index in [1.54, 1.807) is 7.11 Å². The molecule has 0 aromatic heterocycles. The summed E-state index contributed by atoms with van der Waals surface area (Å²) in [5.41, 5.74) is 3.98. The fourth-order valence-electron chi connectivity index (χ4n) is 3.21. The number of benzene rings is 2. The van der Waals surface area contributed by atoms with Crippen LogP contribution in [0, 0.1) is 0 Å². The van der Waals surface area contributed by atoms with Crippen LogP contribution in [0.4, 0.5) is 0 Å². The van der Waals surface area contributed by atoms with Gasteiger partial charge < -0.3 is 19.5 Å². The van der Waals surface area contributed by atoms with Crippen molar-refractivity contribution >= 4 is 12.4 Å². The molecular formula is C18H20ClNO3. The van der Waals surface area contributed by atoms with E-state index in [1.807, 2.05) is 12.1 Å². The molecule has 0 aliphatic carbocycles. The van der Waals surface area contributed by atoms with Crippen LogP contribution in [0.3, 0.4) is 0 Å². The van der Waals surface area contributed by atoms with Gasteiger partial charge in [-0.25, -0.2) is 0 Å². The van der Waals surface area contributed by atoms with Gasteiger partial charge in [0, 0.05) is 6.04 Å². The summed E-state index contributed by atoms with van der Waals surface area (Å²) < 4.78 is 16.2. The van der Waals surface area contributed by atoms with Crippen molar-refractivity contribution in [2.75, 3.05) is 20.4 Å². The third-order valence-corrected chi connectivity index (χ3v) is 4.39. The minimum Gasteiger partial charge on any atom is -0.497 e. The first kappa shape index (κ1) is 16.0. The van der Waals surface area contributed by atoms with E-state index in [0.717, 1.165) is 36.6 Å². The lowest BCUT2D eigenvalue weighted by atomic mass is 9.90. The summed E-state index contributed by atoms with van der Waals surface area (Å²) in [5.74, 6) is 2.63. The Morgan fingerprint density at radius 2 is 1.87 bits per heavy atom. The normalized spacial score (nSPS) is 18.0. The van der Waals surface area contributed by atoms with Crippen molar-refractivity contribution in [3.8, 4) is 17.2 Å². The van der Waals surface area contributed by atoms with Gasteiger partial charge in [-0.15, -0.1) is 12.4 Å². The van der Waals surface area contributed by atoms with Gasteiger partial charge in [0.2, 0.25) is 6.79 Å². The molecule has 4 nitrogen and oxygen atoms in total. The predicted molar refractivity (Wildman–Crippen MR) is 91.0 cm³/mol. The van der Waals surface area contributed by atoms with E-state index in [1.165, 1.54) is 16.7 Å². The highest BCUT2D eigenvalue weighted by molar-refractivity contribution is 5.85. The van der Waals surface area contributed by atoms with E-state index in [-0.39, 0.29) is 12.4 Å². The van der Waals surface area contributed by atoms with Crippen molar-refractivity contribution in [2.24, 2.45) is 0 Å². The molecule has 0 amide bonds. The molecule has 5 heteroatoms. The summed E-state index contributed by atoms with van der Waals surface area (Å²) in [6.07, 6.45) is 1.99. The van der Waals surface area contributed by atoms with Gasteiger partial charge in [-0.3, -0.25) is 0 Å². The molecule has 2 aromatic carbocycles. The second-order valence-corrected chi connectivity index (χ2v) is 5.71. The SMILES string of the molecule is COc1ccc(C[C@@H]2NCCc3cc4c(cc32)OCO4)cc1.Cl. The Morgan fingerprint density at radius 3 is 2.61 bits per heavy atom. The van der Waals surface area contributed by atoms with Crippen molar-refractivity contribution in [1.29, 1.82) is 0 Å². The van der Waals surface area contributed by atoms with Gasteiger partial charge in [-0.1, -0.05) is 12.1 Å². The van der Waals surface area contributed by atoms with Crippen LogP contribution in [-0.4, -0.2) is 20.4 Å². The minimum atomic E-state index is 0. The molecule has 23 heavy (non-hydrogen) atoms. The Balaban J connectivity index is 0.00000156. The standard InChI is InChI=1S/C18H19NO3.ClH/c1-20-14-4-2-12(3-5-14)8-16-15-10-18-17(21-11-22-18)9-13(15)6-7-19-16;/h2-5,9-10,16,19H,6-8,11H2,1H3;1H/t16-;/m0./s1. The monoisotopic (exact) mass is 333 g/mol. The molecule has 122 valence electrons. The largest absolute Gasteiger partial charge is 0.497 e. The van der Waals surface area contributed by atoms with Crippen molar-refractivity contribution in [2.45, 2.75) is 18.9 Å². The fraction of sp³-hybridized carbons (Fsp3) is 0.333. The van der Waals surface area contributed by atoms with E-state index < -0.39 is 0 Å². The number of hydrogen-bond donors (Lipinski definition) is 1. The molecule has 0 saturated heterocycles. The second-order valence-electron chi connectivity index (χ2n) is 5.71. The van der Waals surface area contributed by atoms with Crippen LogP contribution in [-0.2, 0) is 12.8 Å². The molecular weight excluding hydrogens is 314 g/mol. The average molecular weight is 334 g/mol. The van der Waals surface area contributed by atoms with Crippen LogP contribution in [0.5, 0.6) is 17.2 Å². The fourth-order valence-corrected chi connectivity index (χ4v) is 3.21. The van der Waals surface area contributed by atoms with Crippen LogP contribution in [0.1, 0.15) is 22.7 Å². The number of nitrogens with one attached hydrogen (secondary N) is 1. The molecule has 2 aliphatic rings. The molecule has 4 rings (SSSR count). The van der Waals surface area contributed by atoms with Crippen LogP contribution >= 0.6 is 12.4 Å². The third kappa shape index (κ3) is 3.09. The summed E-state index contributed by atoms with van der Waals surface area (Å²) in [4.78, 5) is 0. The van der Waals surface area contributed by atoms with Crippen LogP contribution in [0.2, 0.25) is 0 Å². The zero-order valence-electron chi connectivity index (χ0n) is 13.0. The summed E-state index contributed by atoms with van der Waals surface area (Å²) in [5, 5.41) is 3.62. The van der Waals surface area contributed by atoms with Gasteiger partial charge in [-0.05, 0) is 60.3 Å². The topological polar surface area (TPSA) is 39.7 Å². The zero-order chi connectivity index (χ0) is 14.9. The van der Waals surface area contributed by atoms with E-state index >= 15 is 0 Å². The first-order valence-electron chi connectivity index (χ1n) is 7.62. The number of hydrogen-bond acceptors (Lipinski definition) is 4. The van der Waals surface area contributed by atoms with Crippen molar-refractivity contribution in [3.05, 3.63) is 53.1 Å². The molecule has 2 aliphatic heterocycles. The van der Waals surface area contributed by atoms with Crippen LogP contribution in [0.25, 0.3) is 0 Å². The summed E-state index contributed by atoms with van der Waals surface area (Å²) in [6.45, 7) is 1.32. The molecule has 0 unspecified atom stereocenters. The molecule has 1 atom stereocenters. The maximum atomic E-state index is 5.53. The molecule has 0 spiro atoms. The number of halogens is 1. The predicted octanol–water partition coefficient (Wildman–Crippen LogP) is 3.28. The van der Waals surface area contributed by atoms with Crippen molar-refractivity contribution in [1.82, 2.24) is 5.32 Å². The van der Waals surface area contributed by atoms with Gasteiger partial charge in [0.1, 0.15) is 5.75 Å². The quantitative estimate of drug-likeness (QED) is 0.935. The highest BCUT2D eigenvalue weighted by atomic mass is 35.5. The first-order valence-corrected chi connectivity index (χ1v) is 7.62. The summed E-state index contributed by atoms with van der Waals surface area (Å²) in [6, 6.07) is 12.9. The van der Waals surface area contributed by atoms with Crippen molar-refractivity contribution < 1.29 is 14.2 Å². The second kappa shape index (κ2) is 6.69. The highest BCUT2D eigenvalue weighted by Gasteiger charge is 2.24. The molecule has 0 fully saturated rings. The summed E-state index contributed by atoms with van der Waals surface area (Å²) >= 11 is 0. The maximum Gasteiger partial charge on any atom is 0.231 e. The molecule has 2 heterocycles. The van der Waals surface area contributed by atoms with Crippen molar-refractivity contribution in [3.63, 3.8) is 0 Å². The first-order chi connectivity index (χ1) is 10.8. The van der Waals surface area contributed by atoms with Gasteiger partial charge in [0.25, 0.3) is 0 Å². The van der Waals surface area contributed by atoms with E-state index in [9.17, 15) is 0 Å². The third-order valence-electron chi connectivity index (χ3n) is 4.39. The number of ether oxygens (including phenoxy) is 3. The highest BCUT2D eigenvalue weighted by Crippen LogP contribution is 2.39. The van der Waals surface area contributed by atoms with Gasteiger partial charge in [0.15, 0.2) is 11.5 Å². The molecule has 1 N–H and O–H groups in total. The van der Waals surface area contributed by atoms with E-state index in [0.29, 0.717) is 12.8 Å². The molecule has 2 aromatic rings. The Hall–Kier alpha value is -1.91. The van der Waals surface area contributed by atoms with E-state index in [2.05, 4.69) is 29.6 Å². The lowest BCUT2D eigenvalue weighted by Crippen LogP contribution is -2.31. The Kier molecular flexibility index (Phi) is 4.64. The lowest BCUT2D eigenvalue weighted by molar-refractivity contribution is 0.174. The zero-order valence-corrected chi connectivity index (χ0v) is 13.8. The maximum absolute atomic E-state index is 5.53.